The molecule has 1 saturated heterocycles. The van der Waals surface area contributed by atoms with Gasteiger partial charge in [0.05, 0.1) is 12.3 Å². The third-order valence-electron chi connectivity index (χ3n) is 4.22. The predicted molar refractivity (Wildman–Crippen MR) is 94.0 cm³/mol. The highest BCUT2D eigenvalue weighted by Crippen LogP contribution is 2.29. The van der Waals surface area contributed by atoms with E-state index in [0.29, 0.717) is 0 Å². The van der Waals surface area contributed by atoms with Crippen molar-refractivity contribution in [1.82, 2.24) is 15.1 Å². The zero-order chi connectivity index (χ0) is 16.3. The van der Waals surface area contributed by atoms with Gasteiger partial charge in [0.1, 0.15) is 10.8 Å². The molecule has 0 aromatic carbocycles. The van der Waals surface area contributed by atoms with Gasteiger partial charge in [0.2, 0.25) is 5.13 Å². The molecular weight excluding hydrogens is 308 g/mol. The van der Waals surface area contributed by atoms with Crippen LogP contribution in [0, 0.1) is 0 Å². The summed E-state index contributed by atoms with van der Waals surface area (Å²) in [6.45, 7) is 9.56. The Kier molecular flexibility index (Phi) is 5.02. The summed E-state index contributed by atoms with van der Waals surface area (Å²) >= 11 is 1.64. The monoisotopic (exact) mass is 334 g/mol. The first kappa shape index (κ1) is 16.5. The molecule has 0 bridgehead atoms. The second-order valence-corrected chi connectivity index (χ2v) is 8.15. The first-order valence-corrected chi connectivity index (χ1v) is 9.21. The van der Waals surface area contributed by atoms with Crippen LogP contribution >= 0.6 is 11.3 Å². The molecule has 3 heterocycles. The van der Waals surface area contributed by atoms with E-state index in [-0.39, 0.29) is 11.5 Å². The van der Waals surface area contributed by atoms with Crippen LogP contribution < -0.4 is 5.32 Å². The van der Waals surface area contributed by atoms with E-state index in [0.717, 1.165) is 35.5 Å². The van der Waals surface area contributed by atoms with E-state index in [1.54, 1.807) is 17.6 Å². The van der Waals surface area contributed by atoms with Crippen molar-refractivity contribution >= 4 is 16.5 Å². The Hall–Kier alpha value is -1.40. The summed E-state index contributed by atoms with van der Waals surface area (Å²) in [5.41, 5.74) is 0.0465. The minimum atomic E-state index is 0.0465. The van der Waals surface area contributed by atoms with E-state index >= 15 is 0 Å². The molecule has 0 aliphatic carbocycles. The van der Waals surface area contributed by atoms with Crippen molar-refractivity contribution in [2.24, 2.45) is 0 Å². The lowest BCUT2D eigenvalue weighted by molar-refractivity contribution is 0.153. The molecule has 5 nitrogen and oxygen atoms in total. The standard InChI is InChI=1S/C17H26N4OS/c1-17(2,3)15-19-20-16(23-15)18-12-13(14-8-7-11-22-14)21-9-5-4-6-10-21/h7-8,11,13H,4-6,9-10,12H2,1-3H3,(H,18,20)/t13-/m0/s1. The Labute approximate surface area is 142 Å². The minimum absolute atomic E-state index is 0.0465. The highest BCUT2D eigenvalue weighted by Gasteiger charge is 2.25. The number of nitrogens with zero attached hydrogens (tertiary/aromatic N) is 3. The van der Waals surface area contributed by atoms with Crippen molar-refractivity contribution in [3.8, 4) is 0 Å². The summed E-state index contributed by atoms with van der Waals surface area (Å²) in [5, 5.41) is 14.0. The van der Waals surface area contributed by atoms with Crippen LogP contribution in [0.2, 0.25) is 0 Å². The maximum Gasteiger partial charge on any atom is 0.205 e. The lowest BCUT2D eigenvalue weighted by atomic mass is 9.98. The molecule has 1 aliphatic rings. The van der Waals surface area contributed by atoms with Crippen molar-refractivity contribution in [3.05, 3.63) is 29.2 Å². The van der Waals surface area contributed by atoms with Gasteiger partial charge in [0.15, 0.2) is 0 Å². The Morgan fingerprint density at radius 3 is 2.65 bits per heavy atom. The van der Waals surface area contributed by atoms with Gasteiger partial charge in [-0.25, -0.2) is 0 Å². The fourth-order valence-electron chi connectivity index (χ4n) is 2.90. The summed E-state index contributed by atoms with van der Waals surface area (Å²) in [6, 6.07) is 4.30. The van der Waals surface area contributed by atoms with Gasteiger partial charge in [-0.05, 0) is 38.1 Å². The smallest absolute Gasteiger partial charge is 0.205 e. The van der Waals surface area contributed by atoms with Crippen LogP contribution in [0.25, 0.3) is 0 Å². The molecule has 2 aromatic rings. The fourth-order valence-corrected chi connectivity index (χ4v) is 3.71. The van der Waals surface area contributed by atoms with E-state index in [2.05, 4.69) is 47.3 Å². The summed E-state index contributed by atoms with van der Waals surface area (Å²) in [5.74, 6) is 1.03. The number of aromatic nitrogens is 2. The number of likely N-dealkylation sites (tertiary alicyclic amines) is 1. The van der Waals surface area contributed by atoms with Crippen LogP contribution in [0.4, 0.5) is 5.13 Å². The maximum atomic E-state index is 5.68. The normalized spacial score (nSPS) is 18.0. The number of hydrogen-bond acceptors (Lipinski definition) is 6. The highest BCUT2D eigenvalue weighted by molar-refractivity contribution is 7.15. The van der Waals surface area contributed by atoms with Crippen LogP contribution in [0.3, 0.4) is 0 Å². The first-order valence-electron chi connectivity index (χ1n) is 8.39. The molecule has 1 fully saturated rings. The third kappa shape index (κ3) is 4.12. The second-order valence-electron chi connectivity index (χ2n) is 7.17. The Bertz CT molecular complexity index is 596. The van der Waals surface area contributed by atoms with Gasteiger partial charge < -0.3 is 9.73 Å². The molecular formula is C17H26N4OS. The maximum absolute atomic E-state index is 5.68. The number of rotatable bonds is 5. The molecule has 2 aromatic heterocycles. The molecule has 1 aliphatic heterocycles. The highest BCUT2D eigenvalue weighted by atomic mass is 32.1. The number of piperidine rings is 1. The molecule has 6 heteroatoms. The summed E-state index contributed by atoms with van der Waals surface area (Å²) in [6.07, 6.45) is 5.63. The molecule has 1 atom stereocenters. The van der Waals surface area contributed by atoms with Crippen LogP contribution in [0.15, 0.2) is 22.8 Å². The number of furan rings is 1. The molecule has 1 N–H and O–H groups in total. The van der Waals surface area contributed by atoms with Crippen molar-refractivity contribution in [2.75, 3.05) is 25.0 Å². The average Bonchev–Trinajstić information content (AvgIpc) is 3.19. The van der Waals surface area contributed by atoms with Gasteiger partial charge in [-0.1, -0.05) is 38.5 Å². The zero-order valence-electron chi connectivity index (χ0n) is 14.2. The summed E-state index contributed by atoms with van der Waals surface area (Å²) in [4.78, 5) is 2.51. The number of hydrogen-bond donors (Lipinski definition) is 1. The first-order chi connectivity index (χ1) is 11.0. The van der Waals surface area contributed by atoms with E-state index in [4.69, 9.17) is 4.42 Å². The molecule has 126 valence electrons. The SMILES string of the molecule is CC(C)(C)c1nnc(NC[C@@H](c2ccco2)N2CCCCC2)s1. The summed E-state index contributed by atoms with van der Waals surface area (Å²) < 4.78 is 5.68. The molecule has 0 amide bonds. The summed E-state index contributed by atoms with van der Waals surface area (Å²) in [7, 11) is 0. The lowest BCUT2D eigenvalue weighted by Crippen LogP contribution is -2.37. The van der Waals surface area contributed by atoms with Crippen molar-refractivity contribution < 1.29 is 4.42 Å². The predicted octanol–water partition coefficient (Wildman–Crippen LogP) is 4.07. The van der Waals surface area contributed by atoms with E-state index in [1.807, 2.05) is 6.07 Å². The van der Waals surface area contributed by atoms with Crippen molar-refractivity contribution in [1.29, 1.82) is 0 Å². The minimum Gasteiger partial charge on any atom is -0.468 e. The zero-order valence-corrected chi connectivity index (χ0v) is 15.0. The van der Waals surface area contributed by atoms with Crippen LogP contribution in [0.5, 0.6) is 0 Å². The van der Waals surface area contributed by atoms with E-state index < -0.39 is 0 Å². The van der Waals surface area contributed by atoms with Gasteiger partial charge in [-0.15, -0.1) is 10.2 Å². The van der Waals surface area contributed by atoms with Crippen molar-refractivity contribution in [2.45, 2.75) is 51.5 Å². The molecule has 0 unspecified atom stereocenters. The molecule has 0 saturated carbocycles. The van der Waals surface area contributed by atoms with E-state index in [1.165, 1.54) is 19.3 Å². The fraction of sp³-hybridized carbons (Fsp3) is 0.647. The molecule has 23 heavy (non-hydrogen) atoms. The Morgan fingerprint density at radius 2 is 2.04 bits per heavy atom. The quantitative estimate of drug-likeness (QED) is 0.893. The van der Waals surface area contributed by atoms with E-state index in [9.17, 15) is 0 Å². The molecule has 0 radical (unpaired) electrons. The third-order valence-corrected chi connectivity index (χ3v) is 5.52. The van der Waals surface area contributed by atoms with Crippen molar-refractivity contribution in [3.63, 3.8) is 0 Å². The average molecular weight is 334 g/mol. The van der Waals surface area contributed by atoms with Crippen LogP contribution in [0.1, 0.15) is 56.8 Å². The largest absolute Gasteiger partial charge is 0.468 e. The number of anilines is 1. The number of nitrogens with one attached hydrogen (secondary N) is 1. The lowest BCUT2D eigenvalue weighted by Gasteiger charge is -2.33. The van der Waals surface area contributed by atoms with Gasteiger partial charge >= 0.3 is 0 Å². The topological polar surface area (TPSA) is 54.2 Å². The van der Waals surface area contributed by atoms with Crippen LogP contribution in [-0.4, -0.2) is 34.7 Å². The van der Waals surface area contributed by atoms with Gasteiger partial charge in [0.25, 0.3) is 0 Å². The van der Waals surface area contributed by atoms with Crippen LogP contribution in [-0.2, 0) is 5.41 Å². The van der Waals surface area contributed by atoms with Gasteiger partial charge in [0, 0.05) is 12.0 Å². The Balaban J connectivity index is 1.68. The molecule has 0 spiro atoms. The van der Waals surface area contributed by atoms with Gasteiger partial charge in [-0.3, -0.25) is 4.90 Å². The van der Waals surface area contributed by atoms with Gasteiger partial charge in [-0.2, -0.15) is 0 Å². The Morgan fingerprint density at radius 1 is 1.26 bits per heavy atom. The second kappa shape index (κ2) is 7.01. The molecule has 3 rings (SSSR count).